The topological polar surface area (TPSA) is 42.4 Å². The molecule has 2 aliphatic rings. The Labute approximate surface area is 128 Å². The lowest BCUT2D eigenvalue weighted by Gasteiger charge is -2.41. The van der Waals surface area contributed by atoms with Crippen LogP contribution in [-0.2, 0) is 0 Å². The van der Waals surface area contributed by atoms with Crippen LogP contribution in [0.15, 0.2) is 16.5 Å². The van der Waals surface area contributed by atoms with Gasteiger partial charge in [0.15, 0.2) is 0 Å². The van der Waals surface area contributed by atoms with Gasteiger partial charge >= 0.3 is 0 Å². The van der Waals surface area contributed by atoms with E-state index in [-0.39, 0.29) is 17.6 Å². The monoisotopic (exact) mass is 290 g/mol. The highest BCUT2D eigenvalue weighted by Gasteiger charge is 2.40. The maximum absolute atomic E-state index is 6.52. The van der Waals surface area contributed by atoms with Crippen molar-refractivity contribution in [3.05, 3.63) is 23.7 Å². The molecule has 1 aliphatic heterocycles. The third-order valence-corrected chi connectivity index (χ3v) is 5.20. The third kappa shape index (κ3) is 3.04. The summed E-state index contributed by atoms with van der Waals surface area (Å²) in [7, 11) is 0. The Morgan fingerprint density at radius 3 is 2.48 bits per heavy atom. The summed E-state index contributed by atoms with van der Waals surface area (Å²) < 4.78 is 6.25. The van der Waals surface area contributed by atoms with Crippen LogP contribution >= 0.6 is 0 Å². The molecule has 1 aromatic heterocycles. The van der Waals surface area contributed by atoms with E-state index in [1.807, 2.05) is 0 Å². The molecule has 1 saturated heterocycles. The van der Waals surface area contributed by atoms with Crippen LogP contribution in [-0.4, -0.2) is 23.0 Å². The molecule has 3 nitrogen and oxygen atoms in total. The summed E-state index contributed by atoms with van der Waals surface area (Å²) in [5.74, 6) is 3.67. The fourth-order valence-corrected chi connectivity index (χ4v) is 3.75. The lowest BCUT2D eigenvalue weighted by atomic mass is 9.96. The van der Waals surface area contributed by atoms with Crippen molar-refractivity contribution in [3.8, 4) is 0 Å². The van der Waals surface area contributed by atoms with Gasteiger partial charge in [0.1, 0.15) is 11.5 Å². The molecule has 0 aromatic carbocycles. The maximum Gasteiger partial charge on any atom is 0.122 e. The minimum absolute atomic E-state index is 0.118. The summed E-state index contributed by atoms with van der Waals surface area (Å²) in [4.78, 5) is 2.55. The van der Waals surface area contributed by atoms with E-state index in [9.17, 15) is 0 Å². The predicted molar refractivity (Wildman–Crippen MR) is 86.3 cm³/mol. The van der Waals surface area contributed by atoms with E-state index >= 15 is 0 Å². The summed E-state index contributed by atoms with van der Waals surface area (Å²) in [6, 6.07) is 4.74. The molecule has 1 aliphatic carbocycles. The van der Waals surface area contributed by atoms with E-state index in [1.165, 1.54) is 25.0 Å². The Balaban J connectivity index is 1.89. The van der Waals surface area contributed by atoms with Gasteiger partial charge in [0.25, 0.3) is 0 Å². The quantitative estimate of drug-likeness (QED) is 0.893. The second kappa shape index (κ2) is 5.44. The molecule has 2 fully saturated rings. The normalized spacial score (nSPS) is 34.7. The first-order valence-corrected chi connectivity index (χ1v) is 8.50. The molecule has 0 radical (unpaired) electrons. The van der Waals surface area contributed by atoms with Crippen molar-refractivity contribution in [3.63, 3.8) is 0 Å². The number of furan rings is 1. The zero-order chi connectivity index (χ0) is 15.2. The average molecular weight is 290 g/mol. The van der Waals surface area contributed by atoms with Gasteiger partial charge < -0.3 is 10.2 Å². The SMILES string of the molecule is CC1CC1c1ccc(C2C(N)CCCCN2C(C)(C)C)o1. The van der Waals surface area contributed by atoms with Crippen molar-refractivity contribution in [1.82, 2.24) is 4.90 Å². The first-order chi connectivity index (χ1) is 9.88. The molecule has 3 rings (SSSR count). The van der Waals surface area contributed by atoms with Gasteiger partial charge in [0, 0.05) is 17.5 Å². The van der Waals surface area contributed by atoms with Gasteiger partial charge in [0.05, 0.1) is 6.04 Å². The van der Waals surface area contributed by atoms with Gasteiger partial charge in [-0.25, -0.2) is 0 Å². The number of nitrogens with zero attached hydrogens (tertiary/aromatic N) is 1. The maximum atomic E-state index is 6.52. The summed E-state index contributed by atoms with van der Waals surface area (Å²) in [5.41, 5.74) is 6.64. The highest BCUT2D eigenvalue weighted by Crippen LogP contribution is 2.48. The van der Waals surface area contributed by atoms with Crippen LogP contribution < -0.4 is 5.73 Å². The predicted octanol–water partition coefficient (Wildman–Crippen LogP) is 4.06. The molecule has 0 bridgehead atoms. The fraction of sp³-hybridized carbons (Fsp3) is 0.778. The van der Waals surface area contributed by atoms with Gasteiger partial charge in [-0.3, -0.25) is 4.90 Å². The lowest BCUT2D eigenvalue weighted by Crippen LogP contribution is -2.49. The number of nitrogens with two attached hydrogens (primary N) is 1. The van der Waals surface area contributed by atoms with Crippen LogP contribution in [0.3, 0.4) is 0 Å². The Bertz CT molecular complexity index is 488. The van der Waals surface area contributed by atoms with Crippen molar-refractivity contribution >= 4 is 0 Å². The molecule has 4 unspecified atom stereocenters. The Hall–Kier alpha value is -0.800. The summed E-state index contributed by atoms with van der Waals surface area (Å²) in [6.07, 6.45) is 4.81. The third-order valence-electron chi connectivity index (χ3n) is 5.20. The van der Waals surface area contributed by atoms with Crippen molar-refractivity contribution in [2.75, 3.05) is 6.54 Å². The molecule has 1 saturated carbocycles. The van der Waals surface area contributed by atoms with Gasteiger partial charge in [0.2, 0.25) is 0 Å². The molecule has 21 heavy (non-hydrogen) atoms. The van der Waals surface area contributed by atoms with Crippen LogP contribution in [0.2, 0.25) is 0 Å². The van der Waals surface area contributed by atoms with Crippen LogP contribution in [0, 0.1) is 5.92 Å². The highest BCUT2D eigenvalue weighted by molar-refractivity contribution is 5.20. The first kappa shape index (κ1) is 15.1. The van der Waals surface area contributed by atoms with E-state index in [2.05, 4.69) is 44.7 Å². The van der Waals surface area contributed by atoms with E-state index in [4.69, 9.17) is 10.2 Å². The minimum atomic E-state index is 0.118. The molecule has 3 heteroatoms. The van der Waals surface area contributed by atoms with Crippen LogP contribution in [0.25, 0.3) is 0 Å². The van der Waals surface area contributed by atoms with Gasteiger partial charge in [-0.1, -0.05) is 13.3 Å². The summed E-state index contributed by atoms with van der Waals surface area (Å²) in [6.45, 7) is 10.3. The summed E-state index contributed by atoms with van der Waals surface area (Å²) >= 11 is 0. The molecule has 0 amide bonds. The van der Waals surface area contributed by atoms with Crippen LogP contribution in [0.4, 0.5) is 0 Å². The van der Waals surface area contributed by atoms with Crippen molar-refractivity contribution in [1.29, 1.82) is 0 Å². The van der Waals surface area contributed by atoms with Crippen molar-refractivity contribution < 1.29 is 4.42 Å². The van der Waals surface area contributed by atoms with Crippen LogP contribution in [0.5, 0.6) is 0 Å². The Morgan fingerprint density at radius 2 is 1.86 bits per heavy atom. The fourth-order valence-electron chi connectivity index (χ4n) is 3.75. The summed E-state index contributed by atoms with van der Waals surface area (Å²) in [5, 5.41) is 0. The zero-order valence-corrected chi connectivity index (χ0v) is 13.9. The van der Waals surface area contributed by atoms with Crippen molar-refractivity contribution in [2.24, 2.45) is 11.7 Å². The molecule has 2 N–H and O–H groups in total. The van der Waals surface area contributed by atoms with Gasteiger partial charge in [-0.05, 0) is 64.6 Å². The van der Waals surface area contributed by atoms with E-state index in [0.29, 0.717) is 5.92 Å². The minimum Gasteiger partial charge on any atom is -0.464 e. The van der Waals surface area contributed by atoms with Gasteiger partial charge in [-0.2, -0.15) is 0 Å². The molecule has 2 heterocycles. The number of hydrogen-bond acceptors (Lipinski definition) is 3. The average Bonchev–Trinajstić information content (AvgIpc) is 2.99. The van der Waals surface area contributed by atoms with E-state index in [1.54, 1.807) is 0 Å². The van der Waals surface area contributed by atoms with Gasteiger partial charge in [-0.15, -0.1) is 0 Å². The first-order valence-electron chi connectivity index (χ1n) is 8.50. The second-order valence-corrected chi connectivity index (χ2v) is 8.03. The highest BCUT2D eigenvalue weighted by atomic mass is 16.3. The molecule has 4 atom stereocenters. The van der Waals surface area contributed by atoms with E-state index < -0.39 is 0 Å². The molecule has 118 valence electrons. The second-order valence-electron chi connectivity index (χ2n) is 8.03. The number of rotatable bonds is 2. The molecule has 0 spiro atoms. The largest absolute Gasteiger partial charge is 0.464 e. The van der Waals surface area contributed by atoms with Crippen LogP contribution in [0.1, 0.15) is 76.9 Å². The number of hydrogen-bond donors (Lipinski definition) is 1. The molecule has 1 aromatic rings. The molecular formula is C18H30N2O. The lowest BCUT2D eigenvalue weighted by molar-refractivity contribution is 0.0625. The van der Waals surface area contributed by atoms with E-state index in [0.717, 1.165) is 24.6 Å². The molecular weight excluding hydrogens is 260 g/mol. The number of likely N-dealkylation sites (tertiary alicyclic amines) is 1. The smallest absolute Gasteiger partial charge is 0.122 e. The zero-order valence-electron chi connectivity index (χ0n) is 13.9. The standard InChI is InChI=1S/C18H30N2O/c1-12-11-13(12)15-8-9-16(21-15)17-14(19)7-5-6-10-20(17)18(2,3)4/h8-9,12-14,17H,5-7,10-11,19H2,1-4H3. The Morgan fingerprint density at radius 1 is 1.19 bits per heavy atom. The van der Waals surface area contributed by atoms with Crippen molar-refractivity contribution in [2.45, 2.75) is 76.9 Å². The Kier molecular flexibility index (Phi) is 3.91.